The molecule has 0 aliphatic carbocycles. The van der Waals surface area contributed by atoms with Gasteiger partial charge in [0, 0.05) is 25.3 Å². The van der Waals surface area contributed by atoms with Crippen LogP contribution in [0.5, 0.6) is 0 Å². The molecule has 0 fully saturated rings. The third kappa shape index (κ3) is 3.58. The van der Waals surface area contributed by atoms with Crippen LogP contribution in [0.2, 0.25) is 0 Å². The van der Waals surface area contributed by atoms with E-state index in [4.69, 9.17) is 5.73 Å². The van der Waals surface area contributed by atoms with Crippen molar-refractivity contribution in [2.24, 2.45) is 11.7 Å². The van der Waals surface area contributed by atoms with E-state index in [0.717, 1.165) is 18.7 Å². The Kier molecular flexibility index (Phi) is 5.43. The smallest absolute Gasteiger partial charge is 0.0543 e. The number of hydrogen-bond donors (Lipinski definition) is 1. The first-order valence-corrected chi connectivity index (χ1v) is 5.99. The first-order valence-electron chi connectivity index (χ1n) is 5.99. The second-order valence-electron chi connectivity index (χ2n) is 4.42. The van der Waals surface area contributed by atoms with Crippen LogP contribution in [0.25, 0.3) is 0 Å². The van der Waals surface area contributed by atoms with Crippen molar-refractivity contribution in [2.75, 3.05) is 13.6 Å². The lowest BCUT2D eigenvalue weighted by atomic mass is 9.98. The van der Waals surface area contributed by atoms with Gasteiger partial charge in [-0.3, -0.25) is 9.88 Å². The highest BCUT2D eigenvalue weighted by molar-refractivity contribution is 5.03. The zero-order chi connectivity index (χ0) is 12.0. The Labute approximate surface area is 98.7 Å². The number of rotatable bonds is 6. The van der Waals surface area contributed by atoms with Gasteiger partial charge in [-0.05, 0) is 25.1 Å². The summed E-state index contributed by atoms with van der Waals surface area (Å²) in [6.07, 6.45) is 3.00. The van der Waals surface area contributed by atoms with Crippen LogP contribution in [0.1, 0.15) is 26.0 Å². The van der Waals surface area contributed by atoms with E-state index in [1.165, 1.54) is 0 Å². The molecule has 2 unspecified atom stereocenters. The predicted molar refractivity (Wildman–Crippen MR) is 68.0 cm³/mol. The maximum absolute atomic E-state index is 5.84. The highest BCUT2D eigenvalue weighted by Crippen LogP contribution is 2.14. The molecule has 1 rings (SSSR count). The second kappa shape index (κ2) is 6.61. The van der Waals surface area contributed by atoms with E-state index in [1.807, 2.05) is 18.3 Å². The van der Waals surface area contributed by atoms with E-state index in [0.29, 0.717) is 18.5 Å². The molecule has 90 valence electrons. The standard InChI is InChI=1S/C13H23N3/c1-4-11(2)13(9-14)16(3)10-12-7-5-6-8-15-12/h5-8,11,13H,4,9-10,14H2,1-3H3. The Morgan fingerprint density at radius 3 is 2.69 bits per heavy atom. The fourth-order valence-corrected chi connectivity index (χ4v) is 1.98. The second-order valence-corrected chi connectivity index (χ2v) is 4.42. The number of nitrogens with two attached hydrogens (primary N) is 1. The van der Waals surface area contributed by atoms with Crippen molar-refractivity contribution in [1.29, 1.82) is 0 Å². The summed E-state index contributed by atoms with van der Waals surface area (Å²) < 4.78 is 0. The van der Waals surface area contributed by atoms with E-state index in [2.05, 4.69) is 36.8 Å². The van der Waals surface area contributed by atoms with Gasteiger partial charge in [-0.1, -0.05) is 26.3 Å². The highest BCUT2D eigenvalue weighted by Gasteiger charge is 2.19. The average Bonchev–Trinajstić information content (AvgIpc) is 2.31. The van der Waals surface area contributed by atoms with Gasteiger partial charge >= 0.3 is 0 Å². The molecule has 1 aromatic rings. The van der Waals surface area contributed by atoms with E-state index in [1.54, 1.807) is 0 Å². The minimum atomic E-state index is 0.437. The van der Waals surface area contributed by atoms with Gasteiger partial charge in [0.2, 0.25) is 0 Å². The van der Waals surface area contributed by atoms with E-state index in [-0.39, 0.29) is 0 Å². The largest absolute Gasteiger partial charge is 0.329 e. The lowest BCUT2D eigenvalue weighted by Gasteiger charge is -2.31. The third-order valence-electron chi connectivity index (χ3n) is 3.25. The van der Waals surface area contributed by atoms with Crippen molar-refractivity contribution in [2.45, 2.75) is 32.9 Å². The molecule has 2 N–H and O–H groups in total. The number of pyridine rings is 1. The fraction of sp³-hybridized carbons (Fsp3) is 0.615. The van der Waals surface area contributed by atoms with Crippen molar-refractivity contribution in [3.05, 3.63) is 30.1 Å². The lowest BCUT2D eigenvalue weighted by Crippen LogP contribution is -2.42. The molecule has 1 aromatic heterocycles. The van der Waals surface area contributed by atoms with Crippen molar-refractivity contribution >= 4 is 0 Å². The molecule has 0 aliphatic rings. The van der Waals surface area contributed by atoms with Gasteiger partial charge in [0.1, 0.15) is 0 Å². The van der Waals surface area contributed by atoms with Gasteiger partial charge in [-0.15, -0.1) is 0 Å². The summed E-state index contributed by atoms with van der Waals surface area (Å²) in [5.41, 5.74) is 6.95. The monoisotopic (exact) mass is 221 g/mol. The molecule has 3 nitrogen and oxygen atoms in total. The number of hydrogen-bond acceptors (Lipinski definition) is 3. The number of nitrogens with zero attached hydrogens (tertiary/aromatic N) is 2. The summed E-state index contributed by atoms with van der Waals surface area (Å²) in [6, 6.07) is 6.46. The molecule has 0 radical (unpaired) electrons. The molecular formula is C13H23N3. The quantitative estimate of drug-likeness (QED) is 0.797. The Morgan fingerprint density at radius 1 is 1.44 bits per heavy atom. The number of aromatic nitrogens is 1. The van der Waals surface area contributed by atoms with Gasteiger partial charge in [0.05, 0.1) is 5.69 Å². The Morgan fingerprint density at radius 2 is 2.19 bits per heavy atom. The molecule has 0 bridgehead atoms. The van der Waals surface area contributed by atoms with Gasteiger partial charge in [-0.2, -0.15) is 0 Å². The predicted octanol–water partition coefficient (Wildman–Crippen LogP) is 1.89. The van der Waals surface area contributed by atoms with E-state index >= 15 is 0 Å². The van der Waals surface area contributed by atoms with Crippen LogP contribution in [-0.2, 0) is 6.54 Å². The molecule has 0 aromatic carbocycles. The molecule has 0 amide bonds. The first-order chi connectivity index (χ1) is 7.69. The summed E-state index contributed by atoms with van der Waals surface area (Å²) in [7, 11) is 2.12. The van der Waals surface area contributed by atoms with Gasteiger partial charge < -0.3 is 5.73 Å². The highest BCUT2D eigenvalue weighted by atomic mass is 15.1. The van der Waals surface area contributed by atoms with Crippen LogP contribution in [-0.4, -0.2) is 29.5 Å². The van der Waals surface area contributed by atoms with Crippen LogP contribution in [0.4, 0.5) is 0 Å². The molecule has 0 saturated carbocycles. The summed E-state index contributed by atoms with van der Waals surface area (Å²) >= 11 is 0. The summed E-state index contributed by atoms with van der Waals surface area (Å²) in [6.45, 7) is 6.04. The maximum Gasteiger partial charge on any atom is 0.0543 e. The third-order valence-corrected chi connectivity index (χ3v) is 3.25. The molecule has 16 heavy (non-hydrogen) atoms. The molecule has 0 spiro atoms. The summed E-state index contributed by atoms with van der Waals surface area (Å²) in [5, 5.41) is 0. The van der Waals surface area contributed by atoms with Gasteiger partial charge in [0.25, 0.3) is 0 Å². The lowest BCUT2D eigenvalue weighted by molar-refractivity contribution is 0.176. The fourth-order valence-electron chi connectivity index (χ4n) is 1.98. The Hall–Kier alpha value is -0.930. The first kappa shape index (κ1) is 13.1. The topological polar surface area (TPSA) is 42.1 Å². The molecule has 2 atom stereocenters. The Bertz CT molecular complexity index is 286. The van der Waals surface area contributed by atoms with E-state index < -0.39 is 0 Å². The average molecular weight is 221 g/mol. The summed E-state index contributed by atoms with van der Waals surface area (Å²) in [5.74, 6) is 0.624. The van der Waals surface area contributed by atoms with Crippen LogP contribution in [0, 0.1) is 5.92 Å². The zero-order valence-electron chi connectivity index (χ0n) is 10.6. The van der Waals surface area contributed by atoms with Crippen molar-refractivity contribution < 1.29 is 0 Å². The minimum absolute atomic E-state index is 0.437. The van der Waals surface area contributed by atoms with Crippen LogP contribution < -0.4 is 5.73 Å². The van der Waals surface area contributed by atoms with Gasteiger partial charge in [-0.25, -0.2) is 0 Å². The summed E-state index contributed by atoms with van der Waals surface area (Å²) in [4.78, 5) is 6.64. The normalized spacial score (nSPS) is 15.1. The maximum atomic E-state index is 5.84. The van der Waals surface area contributed by atoms with Gasteiger partial charge in [0.15, 0.2) is 0 Å². The van der Waals surface area contributed by atoms with Crippen molar-refractivity contribution in [1.82, 2.24) is 9.88 Å². The van der Waals surface area contributed by atoms with Crippen molar-refractivity contribution in [3.63, 3.8) is 0 Å². The molecule has 1 heterocycles. The Balaban J connectivity index is 2.59. The van der Waals surface area contributed by atoms with E-state index in [9.17, 15) is 0 Å². The minimum Gasteiger partial charge on any atom is -0.329 e. The van der Waals surface area contributed by atoms with Crippen LogP contribution in [0.3, 0.4) is 0 Å². The van der Waals surface area contributed by atoms with Crippen LogP contribution >= 0.6 is 0 Å². The van der Waals surface area contributed by atoms with Crippen LogP contribution in [0.15, 0.2) is 24.4 Å². The molecular weight excluding hydrogens is 198 g/mol. The SMILES string of the molecule is CCC(C)C(CN)N(C)Cc1ccccn1. The van der Waals surface area contributed by atoms with Crippen molar-refractivity contribution in [3.8, 4) is 0 Å². The molecule has 0 saturated heterocycles. The number of likely N-dealkylation sites (N-methyl/N-ethyl adjacent to an activating group) is 1. The zero-order valence-corrected chi connectivity index (χ0v) is 10.6. The molecule has 3 heteroatoms. The molecule has 0 aliphatic heterocycles.